The van der Waals surface area contributed by atoms with Crippen molar-refractivity contribution in [3.63, 3.8) is 0 Å². The van der Waals surface area contributed by atoms with E-state index < -0.39 is 5.82 Å². The van der Waals surface area contributed by atoms with Crippen LogP contribution in [0.1, 0.15) is 24.4 Å². The molecule has 1 aromatic heterocycles. The summed E-state index contributed by atoms with van der Waals surface area (Å²) < 4.78 is 14.9. The zero-order valence-electron chi connectivity index (χ0n) is 12.0. The largest absolute Gasteiger partial charge is 0.340 e. The smallest absolute Gasteiger partial charge is 0.222 e. The molecule has 1 aliphatic heterocycles. The fourth-order valence-corrected chi connectivity index (χ4v) is 2.90. The summed E-state index contributed by atoms with van der Waals surface area (Å²) in [6.45, 7) is 1.39. The van der Waals surface area contributed by atoms with Gasteiger partial charge in [-0.05, 0) is 30.5 Å². The van der Waals surface area contributed by atoms with Gasteiger partial charge in [-0.3, -0.25) is 4.79 Å². The number of amides is 1. The molecule has 1 fully saturated rings. The van der Waals surface area contributed by atoms with Crippen molar-refractivity contribution in [2.75, 3.05) is 13.1 Å². The molecule has 1 saturated heterocycles. The first kappa shape index (κ1) is 15.0. The summed E-state index contributed by atoms with van der Waals surface area (Å²) in [6.07, 6.45) is 5.30. The van der Waals surface area contributed by atoms with Gasteiger partial charge in [0.25, 0.3) is 0 Å². The Kier molecular flexibility index (Phi) is 4.38. The quantitative estimate of drug-likeness (QED) is 0.869. The minimum atomic E-state index is -0.438. The standard InChI is InChI=1S/C15H16ClFN4O/c16-13-9-11(1-3-14(13)17)2-4-15(22)20-7-5-12(10-20)21-8-6-18-19-21/h1,3,6,8-9,12H,2,4-5,7,10H2/t12-/m1/s1. The summed E-state index contributed by atoms with van der Waals surface area (Å²) in [4.78, 5) is 14.1. The fraction of sp³-hybridized carbons (Fsp3) is 0.400. The van der Waals surface area contributed by atoms with Crippen LogP contribution in [0, 0.1) is 5.82 Å². The van der Waals surface area contributed by atoms with Crippen LogP contribution >= 0.6 is 11.6 Å². The van der Waals surface area contributed by atoms with Crippen LogP contribution in [0.25, 0.3) is 0 Å². The molecular weight excluding hydrogens is 307 g/mol. The Morgan fingerprint density at radius 1 is 1.45 bits per heavy atom. The average molecular weight is 323 g/mol. The highest BCUT2D eigenvalue weighted by molar-refractivity contribution is 6.30. The Morgan fingerprint density at radius 2 is 2.32 bits per heavy atom. The van der Waals surface area contributed by atoms with Crippen LogP contribution in [0.15, 0.2) is 30.6 Å². The highest BCUT2D eigenvalue weighted by Gasteiger charge is 2.27. The van der Waals surface area contributed by atoms with Crippen LogP contribution in [0.5, 0.6) is 0 Å². The number of nitrogens with zero attached hydrogens (tertiary/aromatic N) is 4. The number of hydrogen-bond donors (Lipinski definition) is 0. The molecule has 0 unspecified atom stereocenters. The van der Waals surface area contributed by atoms with Crippen LogP contribution in [0.4, 0.5) is 4.39 Å². The highest BCUT2D eigenvalue weighted by atomic mass is 35.5. The SMILES string of the molecule is O=C(CCc1ccc(F)c(Cl)c1)N1CC[C@@H](n2ccnn2)C1. The summed E-state index contributed by atoms with van der Waals surface area (Å²) in [5.41, 5.74) is 0.867. The predicted molar refractivity (Wildman–Crippen MR) is 80.0 cm³/mol. The number of halogens is 2. The molecule has 22 heavy (non-hydrogen) atoms. The van der Waals surface area contributed by atoms with E-state index in [-0.39, 0.29) is 17.0 Å². The second-order valence-electron chi connectivity index (χ2n) is 5.41. The van der Waals surface area contributed by atoms with Crippen molar-refractivity contribution in [1.29, 1.82) is 0 Å². The summed E-state index contributed by atoms with van der Waals surface area (Å²) >= 11 is 5.75. The molecule has 116 valence electrons. The molecule has 0 radical (unpaired) electrons. The zero-order chi connectivity index (χ0) is 15.5. The van der Waals surface area contributed by atoms with Gasteiger partial charge in [0.1, 0.15) is 5.82 Å². The number of carbonyl (C=O) groups is 1. The molecule has 0 bridgehead atoms. The Balaban J connectivity index is 1.53. The average Bonchev–Trinajstić information content (AvgIpc) is 3.18. The van der Waals surface area contributed by atoms with Crippen molar-refractivity contribution in [3.8, 4) is 0 Å². The van der Waals surface area contributed by atoms with Gasteiger partial charge in [-0.15, -0.1) is 5.10 Å². The van der Waals surface area contributed by atoms with Crippen molar-refractivity contribution in [2.24, 2.45) is 0 Å². The predicted octanol–water partition coefficient (Wildman–Crippen LogP) is 2.48. The number of likely N-dealkylation sites (tertiary alicyclic amines) is 1. The molecular formula is C15H16ClFN4O. The second kappa shape index (κ2) is 6.44. The van der Waals surface area contributed by atoms with Gasteiger partial charge in [0.05, 0.1) is 17.3 Å². The first-order valence-corrected chi connectivity index (χ1v) is 7.59. The number of carbonyl (C=O) groups excluding carboxylic acids is 1. The first-order chi connectivity index (χ1) is 10.6. The van der Waals surface area contributed by atoms with E-state index in [9.17, 15) is 9.18 Å². The Labute approximate surface area is 132 Å². The maximum absolute atomic E-state index is 13.1. The highest BCUT2D eigenvalue weighted by Crippen LogP contribution is 2.22. The van der Waals surface area contributed by atoms with Crippen molar-refractivity contribution < 1.29 is 9.18 Å². The topological polar surface area (TPSA) is 51.0 Å². The third kappa shape index (κ3) is 3.27. The molecule has 0 aliphatic carbocycles. The Hall–Kier alpha value is -1.95. The number of aromatic nitrogens is 3. The summed E-state index contributed by atoms with van der Waals surface area (Å²) in [7, 11) is 0. The van der Waals surface area contributed by atoms with E-state index in [1.165, 1.54) is 6.07 Å². The number of benzene rings is 1. The van der Waals surface area contributed by atoms with Crippen molar-refractivity contribution in [1.82, 2.24) is 19.9 Å². The molecule has 0 N–H and O–H groups in total. The molecule has 1 aliphatic rings. The monoisotopic (exact) mass is 322 g/mol. The first-order valence-electron chi connectivity index (χ1n) is 7.21. The van der Waals surface area contributed by atoms with E-state index in [0.717, 1.165) is 18.5 Å². The minimum absolute atomic E-state index is 0.0948. The number of aryl methyl sites for hydroxylation is 1. The molecule has 1 atom stereocenters. The van der Waals surface area contributed by atoms with E-state index in [2.05, 4.69) is 10.3 Å². The summed E-state index contributed by atoms with van der Waals surface area (Å²) in [5.74, 6) is -0.338. The number of rotatable bonds is 4. The third-order valence-corrected chi connectivity index (χ3v) is 4.23. The Bertz CT molecular complexity index is 662. The van der Waals surface area contributed by atoms with Crippen molar-refractivity contribution in [2.45, 2.75) is 25.3 Å². The molecule has 7 heteroatoms. The van der Waals surface area contributed by atoms with Crippen LogP contribution in [0.2, 0.25) is 5.02 Å². The molecule has 3 rings (SSSR count). The van der Waals surface area contributed by atoms with Crippen LogP contribution < -0.4 is 0 Å². The van der Waals surface area contributed by atoms with E-state index in [1.807, 2.05) is 11.1 Å². The van der Waals surface area contributed by atoms with Crippen LogP contribution in [-0.4, -0.2) is 38.9 Å². The molecule has 1 amide bonds. The van der Waals surface area contributed by atoms with E-state index in [0.29, 0.717) is 19.4 Å². The lowest BCUT2D eigenvalue weighted by molar-refractivity contribution is -0.130. The Morgan fingerprint density at radius 3 is 3.05 bits per heavy atom. The third-order valence-electron chi connectivity index (χ3n) is 3.94. The number of hydrogen-bond acceptors (Lipinski definition) is 3. The maximum Gasteiger partial charge on any atom is 0.222 e. The van der Waals surface area contributed by atoms with Gasteiger partial charge in [-0.25, -0.2) is 9.07 Å². The normalized spacial score (nSPS) is 17.9. The van der Waals surface area contributed by atoms with Gasteiger partial charge in [-0.2, -0.15) is 0 Å². The molecule has 5 nitrogen and oxygen atoms in total. The van der Waals surface area contributed by atoms with Gasteiger partial charge in [0, 0.05) is 25.7 Å². The van der Waals surface area contributed by atoms with Gasteiger partial charge >= 0.3 is 0 Å². The van der Waals surface area contributed by atoms with Crippen LogP contribution in [-0.2, 0) is 11.2 Å². The second-order valence-corrected chi connectivity index (χ2v) is 5.82. The molecule has 1 aromatic carbocycles. The lowest BCUT2D eigenvalue weighted by Gasteiger charge is -2.16. The van der Waals surface area contributed by atoms with Crippen LogP contribution in [0.3, 0.4) is 0 Å². The fourth-order valence-electron chi connectivity index (χ4n) is 2.70. The van der Waals surface area contributed by atoms with Crippen molar-refractivity contribution >= 4 is 17.5 Å². The van der Waals surface area contributed by atoms with E-state index in [4.69, 9.17) is 11.6 Å². The maximum atomic E-state index is 13.1. The van der Waals surface area contributed by atoms with Gasteiger partial charge in [0.15, 0.2) is 0 Å². The lowest BCUT2D eigenvalue weighted by atomic mass is 10.1. The minimum Gasteiger partial charge on any atom is -0.340 e. The molecule has 2 aromatic rings. The molecule has 0 spiro atoms. The lowest BCUT2D eigenvalue weighted by Crippen LogP contribution is -2.29. The van der Waals surface area contributed by atoms with Gasteiger partial charge in [-0.1, -0.05) is 22.9 Å². The molecule has 2 heterocycles. The molecule has 0 saturated carbocycles. The summed E-state index contributed by atoms with van der Waals surface area (Å²) in [5, 5.41) is 7.87. The van der Waals surface area contributed by atoms with Gasteiger partial charge < -0.3 is 4.90 Å². The zero-order valence-corrected chi connectivity index (χ0v) is 12.7. The van der Waals surface area contributed by atoms with Gasteiger partial charge in [0.2, 0.25) is 5.91 Å². The van der Waals surface area contributed by atoms with Crippen molar-refractivity contribution in [3.05, 3.63) is 47.0 Å². The summed E-state index contributed by atoms with van der Waals surface area (Å²) in [6, 6.07) is 4.77. The van der Waals surface area contributed by atoms with E-state index >= 15 is 0 Å². The van der Waals surface area contributed by atoms with E-state index in [1.54, 1.807) is 23.0 Å².